The Kier molecular flexibility index (Phi) is 3.75. The van der Waals surface area contributed by atoms with E-state index >= 15 is 0 Å². The van der Waals surface area contributed by atoms with E-state index in [-0.39, 0.29) is 0 Å². The van der Waals surface area contributed by atoms with Crippen LogP contribution in [0.25, 0.3) is 16.7 Å². The average Bonchev–Trinajstić information content (AvgIpc) is 3.21. The van der Waals surface area contributed by atoms with Crippen molar-refractivity contribution in [2.24, 2.45) is 0 Å². The first kappa shape index (κ1) is 16.7. The maximum atomic E-state index is 5.96. The van der Waals surface area contributed by atoms with Gasteiger partial charge in [-0.3, -0.25) is 4.98 Å². The van der Waals surface area contributed by atoms with Gasteiger partial charge in [-0.2, -0.15) is 10.1 Å². The molecule has 9 heteroatoms. The molecule has 5 heterocycles. The van der Waals surface area contributed by atoms with Crippen LogP contribution in [0.5, 0.6) is 5.88 Å². The number of nitrogens with one attached hydrogen (secondary N) is 1. The molecule has 1 aliphatic heterocycles. The smallest absolute Gasteiger partial charge is 0.257 e. The quantitative estimate of drug-likeness (QED) is 0.546. The highest BCUT2D eigenvalue weighted by Crippen LogP contribution is 2.29. The fraction of sp³-hybridized carbons (Fsp3) is 0.316. The number of pyridine rings is 1. The number of nitrogens with zero attached hydrogens (tertiary/aromatic N) is 7. The summed E-state index contributed by atoms with van der Waals surface area (Å²) < 4.78 is 9.65. The monoisotopic (exact) mass is 376 g/mol. The molecule has 0 radical (unpaired) electrons. The minimum Gasteiger partial charge on any atom is -0.475 e. The second-order valence-corrected chi connectivity index (χ2v) is 6.98. The van der Waals surface area contributed by atoms with Gasteiger partial charge in [-0.05, 0) is 32.4 Å². The molecule has 9 nitrogen and oxygen atoms in total. The third-order valence-electron chi connectivity index (χ3n) is 4.80. The Morgan fingerprint density at radius 3 is 2.86 bits per heavy atom. The molecule has 4 aromatic rings. The zero-order valence-electron chi connectivity index (χ0n) is 16.0. The molecule has 0 aliphatic carbocycles. The van der Waals surface area contributed by atoms with Gasteiger partial charge in [-0.25, -0.2) is 14.3 Å². The lowest BCUT2D eigenvalue weighted by molar-refractivity contribution is 0.288. The first-order valence-electron chi connectivity index (χ1n) is 9.22. The van der Waals surface area contributed by atoms with E-state index in [0.717, 1.165) is 46.6 Å². The molecule has 0 saturated carbocycles. The van der Waals surface area contributed by atoms with Crippen LogP contribution < -0.4 is 10.1 Å². The van der Waals surface area contributed by atoms with Crippen molar-refractivity contribution in [1.82, 2.24) is 34.5 Å². The van der Waals surface area contributed by atoms with Crippen LogP contribution >= 0.6 is 0 Å². The van der Waals surface area contributed by atoms with Gasteiger partial charge in [0.1, 0.15) is 5.69 Å². The van der Waals surface area contributed by atoms with E-state index in [9.17, 15) is 0 Å². The largest absolute Gasteiger partial charge is 0.475 e. The summed E-state index contributed by atoms with van der Waals surface area (Å²) in [6, 6.07) is 2.05. The highest BCUT2D eigenvalue weighted by molar-refractivity contribution is 5.78. The van der Waals surface area contributed by atoms with Crippen LogP contribution in [-0.2, 0) is 6.54 Å². The number of anilines is 2. The van der Waals surface area contributed by atoms with Gasteiger partial charge in [0.15, 0.2) is 5.65 Å². The summed E-state index contributed by atoms with van der Waals surface area (Å²) in [4.78, 5) is 13.5. The molecule has 142 valence electrons. The molecule has 1 N–H and O–H groups in total. The third-order valence-corrected chi connectivity index (χ3v) is 4.80. The van der Waals surface area contributed by atoms with E-state index in [4.69, 9.17) is 4.74 Å². The zero-order valence-corrected chi connectivity index (χ0v) is 16.0. The Morgan fingerprint density at radius 1 is 1.07 bits per heavy atom. The van der Waals surface area contributed by atoms with Gasteiger partial charge in [0.05, 0.1) is 35.3 Å². The van der Waals surface area contributed by atoms with Crippen molar-refractivity contribution in [2.45, 2.75) is 33.7 Å². The zero-order chi connectivity index (χ0) is 19.3. The fourth-order valence-corrected chi connectivity index (χ4v) is 3.35. The molecule has 0 fully saturated rings. The Hall–Kier alpha value is -3.49. The van der Waals surface area contributed by atoms with Crippen LogP contribution in [0.2, 0.25) is 0 Å². The normalized spacial score (nSPS) is 13.7. The molecule has 4 aromatic heterocycles. The predicted octanol–water partition coefficient (Wildman–Crippen LogP) is 2.86. The van der Waals surface area contributed by atoms with Gasteiger partial charge in [0.25, 0.3) is 5.88 Å². The van der Waals surface area contributed by atoms with Gasteiger partial charge in [-0.15, -0.1) is 5.10 Å². The Morgan fingerprint density at radius 2 is 1.96 bits per heavy atom. The molecule has 0 saturated heterocycles. The van der Waals surface area contributed by atoms with Gasteiger partial charge in [0.2, 0.25) is 5.95 Å². The van der Waals surface area contributed by atoms with Gasteiger partial charge in [-0.1, -0.05) is 0 Å². The predicted molar refractivity (Wildman–Crippen MR) is 104 cm³/mol. The van der Waals surface area contributed by atoms with E-state index in [1.807, 2.05) is 37.8 Å². The van der Waals surface area contributed by atoms with Crippen LogP contribution in [0, 0.1) is 20.8 Å². The van der Waals surface area contributed by atoms with Crippen LogP contribution in [-0.4, -0.2) is 41.1 Å². The van der Waals surface area contributed by atoms with E-state index in [0.29, 0.717) is 24.1 Å². The number of aromatic nitrogens is 7. The Bertz CT molecular complexity index is 1190. The summed E-state index contributed by atoms with van der Waals surface area (Å²) in [5, 5.41) is 13.4. The molecule has 2 bridgehead atoms. The van der Waals surface area contributed by atoms with Crippen molar-refractivity contribution in [2.75, 3.05) is 11.9 Å². The lowest BCUT2D eigenvalue weighted by Crippen LogP contribution is -2.07. The number of hydrogen-bond acceptors (Lipinski definition) is 7. The van der Waals surface area contributed by atoms with E-state index < -0.39 is 0 Å². The molecular formula is C19H20N8O. The van der Waals surface area contributed by atoms with Crippen molar-refractivity contribution >= 4 is 22.7 Å². The van der Waals surface area contributed by atoms with Crippen molar-refractivity contribution < 1.29 is 4.74 Å². The molecule has 0 atom stereocenters. The van der Waals surface area contributed by atoms with Gasteiger partial charge in [0, 0.05) is 25.4 Å². The molecule has 5 rings (SSSR count). The second kappa shape index (κ2) is 6.29. The number of aryl methyl sites for hydroxylation is 4. The van der Waals surface area contributed by atoms with Crippen molar-refractivity contribution in [1.29, 1.82) is 0 Å². The van der Waals surface area contributed by atoms with Crippen LogP contribution in [0.15, 0.2) is 24.7 Å². The van der Waals surface area contributed by atoms with E-state index in [2.05, 4.69) is 36.5 Å². The Labute approximate surface area is 161 Å². The van der Waals surface area contributed by atoms with Gasteiger partial charge >= 0.3 is 0 Å². The summed E-state index contributed by atoms with van der Waals surface area (Å²) in [5.74, 6) is 0.999. The Balaban J connectivity index is 1.60. The lowest BCUT2D eigenvalue weighted by atomic mass is 10.2. The van der Waals surface area contributed by atoms with Crippen LogP contribution in [0.1, 0.15) is 23.4 Å². The summed E-state index contributed by atoms with van der Waals surface area (Å²) >= 11 is 0. The summed E-state index contributed by atoms with van der Waals surface area (Å²) in [6.45, 7) is 7.19. The number of fused-ring (bicyclic) bond motifs is 2. The third kappa shape index (κ3) is 2.75. The standard InChI is InChI=1S/C19H20N8O/c1-11-7-16(13(3)20-8-11)27-10-15-18(25-27)28-6-4-5-26-17-14(12(2)24-26)9-21-19(22-15)23-17/h7-10H,4-6H2,1-3H3,(H,21,22,23). The summed E-state index contributed by atoms with van der Waals surface area (Å²) in [5.41, 5.74) is 5.34. The molecule has 0 unspecified atom stereocenters. The maximum Gasteiger partial charge on any atom is 0.257 e. The number of hydrogen-bond donors (Lipinski definition) is 1. The maximum absolute atomic E-state index is 5.96. The summed E-state index contributed by atoms with van der Waals surface area (Å²) in [6.07, 6.45) is 6.33. The van der Waals surface area contributed by atoms with E-state index in [1.54, 1.807) is 10.9 Å². The SMILES string of the molecule is Cc1cnc(C)c(-n2cc3c(n2)OCCCn2nc(C)c4cnc(nc42)N3)c1. The van der Waals surface area contributed by atoms with Crippen LogP contribution in [0.3, 0.4) is 0 Å². The average molecular weight is 376 g/mol. The highest BCUT2D eigenvalue weighted by Gasteiger charge is 2.17. The first-order chi connectivity index (χ1) is 13.6. The molecule has 0 spiro atoms. The van der Waals surface area contributed by atoms with Crippen LogP contribution in [0.4, 0.5) is 11.6 Å². The molecular weight excluding hydrogens is 356 g/mol. The van der Waals surface area contributed by atoms with Gasteiger partial charge < -0.3 is 10.1 Å². The van der Waals surface area contributed by atoms with Crippen molar-refractivity contribution in [3.8, 4) is 11.6 Å². The summed E-state index contributed by atoms with van der Waals surface area (Å²) in [7, 11) is 0. The molecule has 28 heavy (non-hydrogen) atoms. The van der Waals surface area contributed by atoms with E-state index in [1.165, 1.54) is 0 Å². The minimum atomic E-state index is 0.485. The first-order valence-corrected chi connectivity index (χ1v) is 9.22. The van der Waals surface area contributed by atoms with Crippen molar-refractivity contribution in [3.63, 3.8) is 0 Å². The number of rotatable bonds is 1. The highest BCUT2D eigenvalue weighted by atomic mass is 16.5. The number of ether oxygens (including phenoxy) is 1. The topological polar surface area (TPSA) is 95.6 Å². The lowest BCUT2D eigenvalue weighted by Gasteiger charge is -2.06. The van der Waals surface area contributed by atoms with Crippen molar-refractivity contribution in [3.05, 3.63) is 41.6 Å². The molecule has 1 aliphatic rings. The minimum absolute atomic E-state index is 0.485. The fourth-order valence-electron chi connectivity index (χ4n) is 3.35. The molecule has 0 aromatic carbocycles. The second-order valence-electron chi connectivity index (χ2n) is 6.98. The molecule has 0 amide bonds.